The largest absolute Gasteiger partial charge is 0.497 e. The van der Waals surface area contributed by atoms with Gasteiger partial charge in [-0.25, -0.2) is 4.98 Å². The molecule has 0 bridgehead atoms. The van der Waals surface area contributed by atoms with Crippen molar-refractivity contribution in [3.63, 3.8) is 0 Å². The van der Waals surface area contributed by atoms with Crippen LogP contribution >= 0.6 is 11.3 Å². The molecule has 1 aliphatic rings. The number of nitrogens with one attached hydrogen (secondary N) is 1. The van der Waals surface area contributed by atoms with Gasteiger partial charge in [-0.2, -0.15) is 0 Å². The number of carbonyl (C=O) groups is 1. The fourth-order valence-electron chi connectivity index (χ4n) is 4.06. The van der Waals surface area contributed by atoms with E-state index in [2.05, 4.69) is 22.2 Å². The lowest BCUT2D eigenvalue weighted by atomic mass is 10.2. The molecule has 1 unspecified atom stereocenters. The zero-order valence-corrected chi connectivity index (χ0v) is 19.8. The van der Waals surface area contributed by atoms with Crippen molar-refractivity contribution in [1.82, 2.24) is 14.9 Å². The van der Waals surface area contributed by atoms with Crippen molar-refractivity contribution in [3.05, 3.63) is 47.0 Å². The van der Waals surface area contributed by atoms with Crippen LogP contribution in [0.1, 0.15) is 48.7 Å². The number of methoxy groups -OCH3 is 1. The Labute approximate surface area is 193 Å². The van der Waals surface area contributed by atoms with Crippen LogP contribution in [0.4, 0.5) is 0 Å². The number of amides is 1. The van der Waals surface area contributed by atoms with Crippen LogP contribution in [-0.4, -0.2) is 41.8 Å². The third kappa shape index (κ3) is 4.89. The highest BCUT2D eigenvalue weighted by molar-refractivity contribution is 7.13. The predicted octanol–water partition coefficient (Wildman–Crippen LogP) is 5.30. The summed E-state index contributed by atoms with van der Waals surface area (Å²) in [7, 11) is 1.66. The number of thiazole rings is 1. The first-order valence-corrected chi connectivity index (χ1v) is 12.2. The molecule has 1 amide bonds. The summed E-state index contributed by atoms with van der Waals surface area (Å²) in [4.78, 5) is 17.9. The maximum atomic E-state index is 13.0. The number of aromatic nitrogens is 2. The molecule has 1 aromatic carbocycles. The van der Waals surface area contributed by atoms with E-state index in [1.165, 1.54) is 0 Å². The molecular formula is C25H31N3O3S. The lowest BCUT2D eigenvalue weighted by molar-refractivity contribution is 0.0857. The molecule has 1 atom stereocenters. The average Bonchev–Trinajstić information content (AvgIpc) is 3.57. The van der Waals surface area contributed by atoms with Gasteiger partial charge in [-0.3, -0.25) is 4.79 Å². The number of hydrogen-bond acceptors (Lipinski definition) is 5. The maximum Gasteiger partial charge on any atom is 0.253 e. The minimum Gasteiger partial charge on any atom is -0.497 e. The van der Waals surface area contributed by atoms with E-state index >= 15 is 0 Å². The number of benzene rings is 1. The maximum absolute atomic E-state index is 13.0. The van der Waals surface area contributed by atoms with Crippen molar-refractivity contribution in [1.29, 1.82) is 0 Å². The summed E-state index contributed by atoms with van der Waals surface area (Å²) in [5, 5.41) is 6.09. The Morgan fingerprint density at radius 2 is 2.16 bits per heavy atom. The quantitative estimate of drug-likeness (QED) is 0.477. The summed E-state index contributed by atoms with van der Waals surface area (Å²) in [5.74, 6) is 0.786. The normalized spacial score (nSPS) is 15.8. The Balaban J connectivity index is 1.59. The SMILES string of the molecule is CCCCn1c(-c2csc(-c3ccc(OC)cc3)n2)cc(C(=O)NCC2CCCO2)c1C. The molecule has 1 aliphatic heterocycles. The average molecular weight is 454 g/mol. The van der Waals surface area contributed by atoms with Crippen LogP contribution in [-0.2, 0) is 11.3 Å². The van der Waals surface area contributed by atoms with Crippen molar-refractivity contribution >= 4 is 17.2 Å². The van der Waals surface area contributed by atoms with Crippen molar-refractivity contribution in [2.75, 3.05) is 20.3 Å². The molecule has 0 spiro atoms. The second-order valence-corrected chi connectivity index (χ2v) is 9.00. The Kier molecular flexibility index (Phi) is 7.27. The smallest absolute Gasteiger partial charge is 0.253 e. The third-order valence-electron chi connectivity index (χ3n) is 5.96. The van der Waals surface area contributed by atoms with Gasteiger partial charge in [0.15, 0.2) is 0 Å². The van der Waals surface area contributed by atoms with E-state index in [-0.39, 0.29) is 12.0 Å². The van der Waals surface area contributed by atoms with Crippen LogP contribution in [0.5, 0.6) is 5.75 Å². The zero-order valence-electron chi connectivity index (χ0n) is 19.0. The summed E-state index contributed by atoms with van der Waals surface area (Å²) < 4.78 is 13.1. The summed E-state index contributed by atoms with van der Waals surface area (Å²) in [6.07, 6.45) is 4.35. The minimum atomic E-state index is -0.0416. The molecule has 0 radical (unpaired) electrons. The van der Waals surface area contributed by atoms with E-state index in [0.29, 0.717) is 12.1 Å². The van der Waals surface area contributed by atoms with Crippen LogP contribution in [0.25, 0.3) is 22.0 Å². The van der Waals surface area contributed by atoms with E-state index in [9.17, 15) is 4.79 Å². The molecule has 1 N–H and O–H groups in total. The second kappa shape index (κ2) is 10.3. The standard InChI is InChI=1S/C25H31N3O3S/c1-4-5-12-28-17(2)21(24(29)26-15-20-7-6-13-31-20)14-23(28)22-16-32-25(27-22)18-8-10-19(30-3)11-9-18/h8-11,14,16,20H,4-7,12-13,15H2,1-3H3,(H,26,29). The van der Waals surface area contributed by atoms with Crippen LogP contribution in [0.15, 0.2) is 35.7 Å². The van der Waals surface area contributed by atoms with Gasteiger partial charge in [-0.15, -0.1) is 11.3 Å². The number of ether oxygens (including phenoxy) is 2. The molecule has 32 heavy (non-hydrogen) atoms. The third-order valence-corrected chi connectivity index (χ3v) is 6.86. The Morgan fingerprint density at radius 3 is 2.84 bits per heavy atom. The van der Waals surface area contributed by atoms with E-state index in [4.69, 9.17) is 14.5 Å². The first-order chi connectivity index (χ1) is 15.6. The Bertz CT molecular complexity index is 1050. The van der Waals surface area contributed by atoms with Crippen molar-refractivity contribution in [3.8, 4) is 27.7 Å². The highest BCUT2D eigenvalue weighted by atomic mass is 32.1. The molecule has 7 heteroatoms. The van der Waals surface area contributed by atoms with Crippen LogP contribution in [0.3, 0.4) is 0 Å². The van der Waals surface area contributed by atoms with Gasteiger partial charge in [0, 0.05) is 36.3 Å². The summed E-state index contributed by atoms with van der Waals surface area (Å²) in [6, 6.07) is 9.92. The molecule has 2 aromatic heterocycles. The van der Waals surface area contributed by atoms with Gasteiger partial charge < -0.3 is 19.4 Å². The first kappa shape index (κ1) is 22.6. The van der Waals surface area contributed by atoms with Crippen molar-refractivity contribution < 1.29 is 14.3 Å². The van der Waals surface area contributed by atoms with E-state index < -0.39 is 0 Å². The molecule has 1 fully saturated rings. The highest BCUT2D eigenvalue weighted by Gasteiger charge is 2.22. The zero-order chi connectivity index (χ0) is 22.5. The lowest BCUT2D eigenvalue weighted by Crippen LogP contribution is -2.32. The fourth-order valence-corrected chi connectivity index (χ4v) is 4.88. The predicted molar refractivity (Wildman–Crippen MR) is 128 cm³/mol. The molecule has 1 saturated heterocycles. The van der Waals surface area contributed by atoms with Crippen LogP contribution in [0, 0.1) is 6.92 Å². The van der Waals surface area contributed by atoms with Gasteiger partial charge in [0.2, 0.25) is 0 Å². The monoisotopic (exact) mass is 453 g/mol. The Hall–Kier alpha value is -2.64. The van der Waals surface area contributed by atoms with Gasteiger partial charge in [0.1, 0.15) is 10.8 Å². The minimum absolute atomic E-state index is 0.0416. The highest BCUT2D eigenvalue weighted by Crippen LogP contribution is 2.32. The molecule has 170 valence electrons. The number of hydrogen-bond donors (Lipinski definition) is 1. The number of unbranched alkanes of at least 4 members (excludes halogenated alkanes) is 1. The van der Waals surface area contributed by atoms with Gasteiger partial charge in [0.05, 0.1) is 30.2 Å². The molecule has 3 heterocycles. The molecule has 3 aromatic rings. The van der Waals surface area contributed by atoms with Crippen LogP contribution < -0.4 is 10.1 Å². The van der Waals surface area contributed by atoms with E-state index in [0.717, 1.165) is 72.2 Å². The van der Waals surface area contributed by atoms with Gasteiger partial charge in [0.25, 0.3) is 5.91 Å². The fraction of sp³-hybridized carbons (Fsp3) is 0.440. The molecular weight excluding hydrogens is 422 g/mol. The van der Waals surface area contributed by atoms with Crippen molar-refractivity contribution in [2.45, 2.75) is 52.2 Å². The molecule has 0 saturated carbocycles. The number of rotatable bonds is 9. The van der Waals surface area contributed by atoms with Crippen LogP contribution in [0.2, 0.25) is 0 Å². The van der Waals surface area contributed by atoms with Gasteiger partial charge in [-0.05, 0) is 56.5 Å². The molecule has 4 rings (SSSR count). The lowest BCUT2D eigenvalue weighted by Gasteiger charge is -2.12. The van der Waals surface area contributed by atoms with Gasteiger partial charge in [-0.1, -0.05) is 13.3 Å². The second-order valence-electron chi connectivity index (χ2n) is 8.15. The summed E-state index contributed by atoms with van der Waals surface area (Å²) in [6.45, 7) is 6.42. The van der Waals surface area contributed by atoms with Gasteiger partial charge >= 0.3 is 0 Å². The topological polar surface area (TPSA) is 65.4 Å². The number of nitrogens with zero attached hydrogens (tertiary/aromatic N) is 2. The Morgan fingerprint density at radius 1 is 1.34 bits per heavy atom. The summed E-state index contributed by atoms with van der Waals surface area (Å²) in [5.41, 5.74) is 4.65. The molecule has 6 nitrogen and oxygen atoms in total. The number of carbonyl (C=O) groups excluding carboxylic acids is 1. The summed E-state index contributed by atoms with van der Waals surface area (Å²) >= 11 is 1.61. The van der Waals surface area contributed by atoms with Crippen molar-refractivity contribution in [2.24, 2.45) is 0 Å². The molecule has 0 aliphatic carbocycles. The van der Waals surface area contributed by atoms with E-state index in [1.807, 2.05) is 37.3 Å². The first-order valence-electron chi connectivity index (χ1n) is 11.3. The van der Waals surface area contributed by atoms with E-state index in [1.54, 1.807) is 18.4 Å².